The van der Waals surface area contributed by atoms with Crippen LogP contribution in [0.4, 0.5) is 4.79 Å². The van der Waals surface area contributed by atoms with Gasteiger partial charge in [-0.05, 0) is 24.8 Å². The Morgan fingerprint density at radius 1 is 1.41 bits per heavy atom. The largest absolute Gasteiger partial charge is 0.456 e. The van der Waals surface area contributed by atoms with Gasteiger partial charge >= 0.3 is 5.97 Å². The summed E-state index contributed by atoms with van der Waals surface area (Å²) in [4.78, 5) is 46.5. The highest BCUT2D eigenvalue weighted by Crippen LogP contribution is 2.29. The number of H-pyrrole nitrogens is 1. The summed E-state index contributed by atoms with van der Waals surface area (Å²) < 4.78 is 5.19. The summed E-state index contributed by atoms with van der Waals surface area (Å²) >= 11 is 2.69. The number of aromatic nitrogens is 2. The van der Waals surface area contributed by atoms with Gasteiger partial charge in [0.1, 0.15) is 23.8 Å². The molecule has 0 aliphatic carbocycles. The molecule has 146 valence electrons. The molecule has 1 amide bonds. The number of thioether (sulfide) groups is 1. The lowest BCUT2D eigenvalue weighted by Crippen LogP contribution is -2.31. The van der Waals surface area contributed by atoms with Crippen molar-refractivity contribution in [1.82, 2.24) is 14.9 Å². The number of thiophene rings is 1. The number of fused-ring (bicyclic) bond motifs is 1. The molecule has 27 heavy (non-hydrogen) atoms. The normalized spacial score (nSPS) is 15.5. The monoisotopic (exact) mass is 409 g/mol. The van der Waals surface area contributed by atoms with Crippen LogP contribution in [0.15, 0.2) is 4.79 Å². The molecule has 3 heterocycles. The fourth-order valence-corrected chi connectivity index (χ4v) is 4.84. The molecule has 9 heteroatoms. The van der Waals surface area contributed by atoms with Crippen molar-refractivity contribution in [2.75, 3.05) is 18.8 Å². The van der Waals surface area contributed by atoms with Gasteiger partial charge in [-0.1, -0.05) is 32.0 Å². The number of nitrogens with one attached hydrogen (secondary N) is 1. The van der Waals surface area contributed by atoms with E-state index in [9.17, 15) is 14.4 Å². The summed E-state index contributed by atoms with van der Waals surface area (Å²) in [6.45, 7) is 6.67. The number of rotatable bonds is 7. The van der Waals surface area contributed by atoms with Gasteiger partial charge in [-0.2, -0.15) is 0 Å². The van der Waals surface area contributed by atoms with E-state index in [-0.39, 0.29) is 24.0 Å². The van der Waals surface area contributed by atoms with E-state index in [1.165, 1.54) is 28.0 Å². The third-order valence-corrected chi connectivity index (χ3v) is 6.63. The van der Waals surface area contributed by atoms with Crippen molar-refractivity contribution in [2.45, 2.75) is 40.2 Å². The number of aryl methyl sites for hydroxylation is 1. The zero-order chi connectivity index (χ0) is 19.6. The number of amides is 1. The molecule has 0 aromatic carbocycles. The van der Waals surface area contributed by atoms with Crippen molar-refractivity contribution in [3.8, 4) is 0 Å². The predicted octanol–water partition coefficient (Wildman–Crippen LogP) is 3.09. The molecule has 1 fully saturated rings. The van der Waals surface area contributed by atoms with E-state index in [1.807, 2.05) is 6.92 Å². The molecule has 1 aliphatic rings. The first-order chi connectivity index (χ1) is 12.9. The first-order valence-electron chi connectivity index (χ1n) is 8.97. The Hall–Kier alpha value is -1.87. The average Bonchev–Trinajstić information content (AvgIpc) is 3.16. The Balaban J connectivity index is 1.72. The summed E-state index contributed by atoms with van der Waals surface area (Å²) in [5.41, 5.74) is 0.867. The van der Waals surface area contributed by atoms with Gasteiger partial charge in [-0.3, -0.25) is 14.4 Å². The lowest BCUT2D eigenvalue weighted by atomic mass is 9.98. The number of nitrogens with zero attached hydrogens (tertiary/aromatic N) is 2. The number of esters is 1. The van der Waals surface area contributed by atoms with E-state index < -0.39 is 5.97 Å². The number of ether oxygens (including phenoxy) is 1. The van der Waals surface area contributed by atoms with E-state index in [0.29, 0.717) is 34.3 Å². The fraction of sp³-hybridized carbons (Fsp3) is 0.556. The number of hydrogen-bond donors (Lipinski definition) is 1. The summed E-state index contributed by atoms with van der Waals surface area (Å²) in [5.74, 6) is 0.995. The van der Waals surface area contributed by atoms with Gasteiger partial charge in [-0.25, -0.2) is 4.98 Å². The minimum Gasteiger partial charge on any atom is -0.456 e. The van der Waals surface area contributed by atoms with Crippen molar-refractivity contribution >= 4 is 44.5 Å². The van der Waals surface area contributed by atoms with Gasteiger partial charge in [0, 0.05) is 17.2 Å². The Morgan fingerprint density at radius 3 is 2.85 bits per heavy atom. The average molecular weight is 410 g/mol. The van der Waals surface area contributed by atoms with Gasteiger partial charge in [-0.15, -0.1) is 11.3 Å². The van der Waals surface area contributed by atoms with Crippen LogP contribution in [0.2, 0.25) is 0 Å². The SMILES string of the molecule is CC[C@H](C)Cc1c(C)sc2nc(COC(=O)CN3CCSC3=O)[nH]c(=O)c12. The van der Waals surface area contributed by atoms with Gasteiger partial charge in [0.15, 0.2) is 0 Å². The third kappa shape index (κ3) is 4.52. The third-order valence-electron chi connectivity index (χ3n) is 4.70. The summed E-state index contributed by atoms with van der Waals surface area (Å²) in [7, 11) is 0. The van der Waals surface area contributed by atoms with E-state index in [2.05, 4.69) is 23.8 Å². The number of carbonyl (C=O) groups excluding carboxylic acids is 2. The van der Waals surface area contributed by atoms with Gasteiger partial charge in [0.25, 0.3) is 10.8 Å². The molecule has 1 saturated heterocycles. The zero-order valence-electron chi connectivity index (χ0n) is 15.7. The molecular weight excluding hydrogens is 386 g/mol. The fourth-order valence-electron chi connectivity index (χ4n) is 2.95. The molecule has 0 radical (unpaired) electrons. The topological polar surface area (TPSA) is 92.4 Å². The Morgan fingerprint density at radius 2 is 2.19 bits per heavy atom. The Labute approximate surface area is 165 Å². The first-order valence-corrected chi connectivity index (χ1v) is 10.8. The second-order valence-electron chi connectivity index (χ2n) is 6.74. The van der Waals surface area contributed by atoms with Gasteiger partial charge < -0.3 is 14.6 Å². The first kappa shape index (κ1) is 19.9. The van der Waals surface area contributed by atoms with Crippen LogP contribution in [0.1, 0.15) is 36.5 Å². The highest BCUT2D eigenvalue weighted by molar-refractivity contribution is 8.13. The quantitative estimate of drug-likeness (QED) is 0.707. The summed E-state index contributed by atoms with van der Waals surface area (Å²) in [6.07, 6.45) is 1.90. The molecule has 0 saturated carbocycles. The molecular formula is C18H23N3O4S2. The molecule has 1 atom stereocenters. The second kappa shape index (κ2) is 8.43. The molecule has 7 nitrogen and oxygen atoms in total. The van der Waals surface area contributed by atoms with E-state index in [4.69, 9.17) is 4.74 Å². The van der Waals surface area contributed by atoms with E-state index >= 15 is 0 Å². The van der Waals surface area contributed by atoms with Crippen LogP contribution >= 0.6 is 23.1 Å². The van der Waals surface area contributed by atoms with Crippen LogP contribution in [-0.2, 0) is 22.6 Å². The van der Waals surface area contributed by atoms with Crippen molar-refractivity contribution in [1.29, 1.82) is 0 Å². The molecule has 0 spiro atoms. The number of hydrogen-bond acceptors (Lipinski definition) is 7. The molecule has 2 aromatic rings. The number of aromatic amines is 1. The van der Waals surface area contributed by atoms with Crippen molar-refractivity contribution in [3.63, 3.8) is 0 Å². The Bertz CT molecular complexity index is 921. The van der Waals surface area contributed by atoms with Crippen LogP contribution < -0.4 is 5.56 Å². The Kier molecular flexibility index (Phi) is 6.21. The van der Waals surface area contributed by atoms with E-state index in [0.717, 1.165) is 23.3 Å². The minimum absolute atomic E-state index is 0.0739. The van der Waals surface area contributed by atoms with Crippen molar-refractivity contribution in [2.24, 2.45) is 5.92 Å². The summed E-state index contributed by atoms with van der Waals surface area (Å²) in [6, 6.07) is 0. The minimum atomic E-state index is -0.506. The molecule has 2 aromatic heterocycles. The van der Waals surface area contributed by atoms with Crippen LogP contribution in [-0.4, -0.2) is 44.9 Å². The molecule has 1 aliphatic heterocycles. The van der Waals surface area contributed by atoms with Crippen molar-refractivity contribution in [3.05, 3.63) is 26.6 Å². The van der Waals surface area contributed by atoms with Gasteiger partial charge in [0.05, 0.1) is 5.39 Å². The standard InChI is InChI=1S/C18H23N3O4S2/c1-4-10(2)7-12-11(3)27-17-15(12)16(23)19-13(20-17)9-25-14(22)8-21-5-6-26-18(21)24/h10H,4-9H2,1-3H3,(H,19,20,23)/t10-/m0/s1. The molecule has 1 N–H and O–H groups in total. The zero-order valence-corrected chi connectivity index (χ0v) is 17.3. The maximum atomic E-state index is 12.6. The van der Waals surface area contributed by atoms with Crippen LogP contribution in [0.25, 0.3) is 10.2 Å². The molecule has 0 unspecified atom stereocenters. The van der Waals surface area contributed by atoms with Crippen LogP contribution in [0.3, 0.4) is 0 Å². The highest BCUT2D eigenvalue weighted by atomic mass is 32.2. The van der Waals surface area contributed by atoms with Crippen molar-refractivity contribution < 1.29 is 14.3 Å². The van der Waals surface area contributed by atoms with E-state index in [1.54, 1.807) is 0 Å². The van der Waals surface area contributed by atoms with Gasteiger partial charge in [0.2, 0.25) is 0 Å². The number of carbonyl (C=O) groups is 2. The predicted molar refractivity (Wildman–Crippen MR) is 107 cm³/mol. The highest BCUT2D eigenvalue weighted by Gasteiger charge is 2.24. The molecule has 3 rings (SSSR count). The molecule has 0 bridgehead atoms. The maximum absolute atomic E-state index is 12.6. The lowest BCUT2D eigenvalue weighted by Gasteiger charge is -2.13. The smallest absolute Gasteiger partial charge is 0.326 e. The van der Waals surface area contributed by atoms with Crippen LogP contribution in [0.5, 0.6) is 0 Å². The second-order valence-corrected chi connectivity index (χ2v) is 8.99. The summed E-state index contributed by atoms with van der Waals surface area (Å²) in [5, 5.41) is 0.537. The lowest BCUT2D eigenvalue weighted by molar-refractivity contribution is -0.145. The maximum Gasteiger partial charge on any atom is 0.326 e. The van der Waals surface area contributed by atoms with Crippen LogP contribution in [0, 0.1) is 12.8 Å².